The molecule has 0 unspecified atom stereocenters. The standard InChI is InChI=1S/C16H22N4O2S/c1-13-18-19-16(20(13)11-14-7-4-3-5-8-14)23-12-15(21)17-9-6-10-22-2/h3-5,7-8H,6,9-12H2,1-2H3,(H,17,21). The number of benzene rings is 1. The molecule has 1 heterocycles. The Morgan fingerprint density at radius 2 is 2.09 bits per heavy atom. The van der Waals surface area contributed by atoms with E-state index in [1.807, 2.05) is 29.7 Å². The molecule has 0 fully saturated rings. The number of hydrogen-bond acceptors (Lipinski definition) is 5. The van der Waals surface area contributed by atoms with E-state index in [0.717, 1.165) is 17.4 Å². The second-order valence-corrected chi connectivity index (χ2v) is 6.03. The number of carbonyl (C=O) groups excluding carboxylic acids is 1. The van der Waals surface area contributed by atoms with Gasteiger partial charge in [0.2, 0.25) is 5.91 Å². The van der Waals surface area contributed by atoms with E-state index in [4.69, 9.17) is 4.74 Å². The molecular weight excluding hydrogens is 312 g/mol. The SMILES string of the molecule is COCCCNC(=O)CSc1nnc(C)n1Cc1ccccc1. The summed E-state index contributed by atoms with van der Waals surface area (Å²) < 4.78 is 6.98. The molecule has 0 radical (unpaired) electrons. The molecule has 1 aromatic carbocycles. The fraction of sp³-hybridized carbons (Fsp3) is 0.438. The minimum absolute atomic E-state index is 0.00184. The van der Waals surface area contributed by atoms with Gasteiger partial charge in [0.25, 0.3) is 0 Å². The molecule has 0 aliphatic rings. The second kappa shape index (κ2) is 9.32. The Bertz CT molecular complexity index is 616. The van der Waals surface area contributed by atoms with Gasteiger partial charge in [0.15, 0.2) is 5.16 Å². The summed E-state index contributed by atoms with van der Waals surface area (Å²) in [7, 11) is 1.65. The Kier molecular flexibility index (Phi) is 7.09. The Morgan fingerprint density at radius 3 is 2.83 bits per heavy atom. The number of methoxy groups -OCH3 is 1. The zero-order valence-corrected chi connectivity index (χ0v) is 14.3. The number of ether oxygens (including phenoxy) is 1. The third-order valence-corrected chi connectivity index (χ3v) is 4.23. The Labute approximate surface area is 140 Å². The fourth-order valence-corrected chi connectivity index (χ4v) is 2.86. The van der Waals surface area contributed by atoms with Crippen molar-refractivity contribution in [3.05, 3.63) is 41.7 Å². The van der Waals surface area contributed by atoms with Gasteiger partial charge in [-0.25, -0.2) is 0 Å². The van der Waals surface area contributed by atoms with Crippen LogP contribution in [0.5, 0.6) is 0 Å². The molecule has 1 amide bonds. The van der Waals surface area contributed by atoms with E-state index in [9.17, 15) is 4.79 Å². The molecular formula is C16H22N4O2S. The number of nitrogens with zero attached hydrogens (tertiary/aromatic N) is 3. The van der Waals surface area contributed by atoms with Crippen LogP contribution < -0.4 is 5.32 Å². The Hall–Kier alpha value is -1.86. The number of thioether (sulfide) groups is 1. The first kappa shape index (κ1) is 17.5. The number of aromatic nitrogens is 3. The van der Waals surface area contributed by atoms with Crippen LogP contribution in [0.4, 0.5) is 0 Å². The predicted octanol–water partition coefficient (Wildman–Crippen LogP) is 1.88. The quantitative estimate of drug-likeness (QED) is 0.560. The number of rotatable bonds is 9. The molecule has 0 atom stereocenters. The Morgan fingerprint density at radius 1 is 1.30 bits per heavy atom. The van der Waals surface area contributed by atoms with Gasteiger partial charge in [-0.05, 0) is 18.9 Å². The van der Waals surface area contributed by atoms with Crippen molar-refractivity contribution in [1.29, 1.82) is 0 Å². The molecule has 0 aliphatic carbocycles. The topological polar surface area (TPSA) is 69.0 Å². The van der Waals surface area contributed by atoms with E-state index in [-0.39, 0.29) is 5.91 Å². The van der Waals surface area contributed by atoms with Gasteiger partial charge in [-0.1, -0.05) is 42.1 Å². The van der Waals surface area contributed by atoms with Crippen LogP contribution in [0.15, 0.2) is 35.5 Å². The number of aryl methyl sites for hydroxylation is 1. The van der Waals surface area contributed by atoms with E-state index in [1.165, 1.54) is 17.3 Å². The molecule has 23 heavy (non-hydrogen) atoms. The molecule has 0 saturated carbocycles. The summed E-state index contributed by atoms with van der Waals surface area (Å²) in [4.78, 5) is 11.8. The third-order valence-electron chi connectivity index (χ3n) is 3.27. The largest absolute Gasteiger partial charge is 0.385 e. The van der Waals surface area contributed by atoms with Crippen molar-refractivity contribution in [1.82, 2.24) is 20.1 Å². The van der Waals surface area contributed by atoms with Crippen LogP contribution in [0.2, 0.25) is 0 Å². The van der Waals surface area contributed by atoms with Crippen LogP contribution in [-0.2, 0) is 16.1 Å². The van der Waals surface area contributed by atoms with Gasteiger partial charge in [0.1, 0.15) is 5.82 Å². The zero-order chi connectivity index (χ0) is 16.5. The first-order chi connectivity index (χ1) is 11.2. The average molecular weight is 334 g/mol. The molecule has 0 saturated heterocycles. The van der Waals surface area contributed by atoms with Crippen molar-refractivity contribution in [2.45, 2.75) is 25.0 Å². The summed E-state index contributed by atoms with van der Waals surface area (Å²) in [5.41, 5.74) is 1.18. The molecule has 2 rings (SSSR count). The normalized spacial score (nSPS) is 10.7. The molecule has 7 heteroatoms. The van der Waals surface area contributed by atoms with Gasteiger partial charge < -0.3 is 14.6 Å². The summed E-state index contributed by atoms with van der Waals surface area (Å²) in [6.07, 6.45) is 0.816. The first-order valence-electron chi connectivity index (χ1n) is 7.53. The van der Waals surface area contributed by atoms with Crippen molar-refractivity contribution >= 4 is 17.7 Å². The molecule has 124 valence electrons. The molecule has 1 aromatic heterocycles. The number of carbonyl (C=O) groups is 1. The maximum atomic E-state index is 11.8. The van der Waals surface area contributed by atoms with E-state index >= 15 is 0 Å². The van der Waals surface area contributed by atoms with Crippen molar-refractivity contribution in [3.63, 3.8) is 0 Å². The van der Waals surface area contributed by atoms with Crippen LogP contribution >= 0.6 is 11.8 Å². The molecule has 2 aromatic rings. The predicted molar refractivity (Wildman–Crippen MR) is 90.5 cm³/mol. The molecule has 6 nitrogen and oxygen atoms in total. The maximum absolute atomic E-state index is 11.8. The van der Waals surface area contributed by atoms with E-state index in [0.29, 0.717) is 25.4 Å². The number of nitrogens with one attached hydrogen (secondary N) is 1. The van der Waals surface area contributed by atoms with E-state index in [2.05, 4.69) is 27.6 Å². The van der Waals surface area contributed by atoms with Gasteiger partial charge in [-0.3, -0.25) is 4.79 Å². The van der Waals surface area contributed by atoms with Crippen molar-refractivity contribution in [2.24, 2.45) is 0 Å². The van der Waals surface area contributed by atoms with Crippen LogP contribution in [0, 0.1) is 6.92 Å². The first-order valence-corrected chi connectivity index (χ1v) is 8.51. The molecule has 1 N–H and O–H groups in total. The van der Waals surface area contributed by atoms with Crippen molar-refractivity contribution in [2.75, 3.05) is 26.0 Å². The summed E-state index contributed by atoms with van der Waals surface area (Å²) in [5, 5.41) is 11.9. The highest BCUT2D eigenvalue weighted by Gasteiger charge is 2.12. The Balaban J connectivity index is 1.87. The summed E-state index contributed by atoms with van der Waals surface area (Å²) in [6, 6.07) is 10.1. The minimum Gasteiger partial charge on any atom is -0.385 e. The highest BCUT2D eigenvalue weighted by Crippen LogP contribution is 2.18. The smallest absolute Gasteiger partial charge is 0.230 e. The second-order valence-electron chi connectivity index (χ2n) is 5.09. The van der Waals surface area contributed by atoms with Crippen molar-refractivity contribution in [3.8, 4) is 0 Å². The third kappa shape index (κ3) is 5.69. The number of hydrogen-bond donors (Lipinski definition) is 1. The lowest BCUT2D eigenvalue weighted by Gasteiger charge is -2.08. The van der Waals surface area contributed by atoms with Crippen molar-refractivity contribution < 1.29 is 9.53 Å². The van der Waals surface area contributed by atoms with Crippen LogP contribution in [-0.4, -0.2) is 46.7 Å². The minimum atomic E-state index is -0.00184. The van der Waals surface area contributed by atoms with Crippen LogP contribution in [0.25, 0.3) is 0 Å². The van der Waals surface area contributed by atoms with Gasteiger partial charge >= 0.3 is 0 Å². The van der Waals surface area contributed by atoms with Gasteiger partial charge in [-0.2, -0.15) is 0 Å². The maximum Gasteiger partial charge on any atom is 0.230 e. The molecule has 0 bridgehead atoms. The van der Waals surface area contributed by atoms with E-state index < -0.39 is 0 Å². The summed E-state index contributed by atoms with van der Waals surface area (Å²) in [6.45, 7) is 3.91. The average Bonchev–Trinajstić information content (AvgIpc) is 2.91. The van der Waals surface area contributed by atoms with E-state index in [1.54, 1.807) is 7.11 Å². The van der Waals surface area contributed by atoms with Gasteiger partial charge in [-0.15, -0.1) is 10.2 Å². The molecule has 0 aliphatic heterocycles. The monoisotopic (exact) mass is 334 g/mol. The van der Waals surface area contributed by atoms with Crippen LogP contribution in [0.1, 0.15) is 17.8 Å². The lowest BCUT2D eigenvalue weighted by molar-refractivity contribution is -0.118. The van der Waals surface area contributed by atoms with Gasteiger partial charge in [0.05, 0.1) is 12.3 Å². The molecule has 0 spiro atoms. The van der Waals surface area contributed by atoms with Crippen LogP contribution in [0.3, 0.4) is 0 Å². The number of amides is 1. The zero-order valence-electron chi connectivity index (χ0n) is 13.5. The highest BCUT2D eigenvalue weighted by atomic mass is 32.2. The lowest BCUT2D eigenvalue weighted by atomic mass is 10.2. The lowest BCUT2D eigenvalue weighted by Crippen LogP contribution is -2.27. The van der Waals surface area contributed by atoms with Gasteiger partial charge in [0, 0.05) is 20.3 Å². The summed E-state index contributed by atoms with van der Waals surface area (Å²) in [5.74, 6) is 1.18. The fourth-order valence-electron chi connectivity index (χ4n) is 2.04. The summed E-state index contributed by atoms with van der Waals surface area (Å²) >= 11 is 1.41. The highest BCUT2D eigenvalue weighted by molar-refractivity contribution is 7.99.